The van der Waals surface area contributed by atoms with Gasteiger partial charge in [-0.25, -0.2) is 0 Å². The molecule has 5 nitrogen and oxygen atoms in total. The average molecular weight is 299 g/mol. The molecule has 1 aliphatic heterocycles. The molecule has 20 heavy (non-hydrogen) atoms. The van der Waals surface area contributed by atoms with E-state index in [0.29, 0.717) is 28.6 Å². The van der Waals surface area contributed by atoms with E-state index in [2.05, 4.69) is 10.6 Å². The number of carbonyl (C=O) groups excluding carboxylic acids is 1. The molecule has 1 atom stereocenters. The summed E-state index contributed by atoms with van der Waals surface area (Å²) >= 11 is 6.13. The largest absolute Gasteiger partial charge is 0.493 e. The van der Waals surface area contributed by atoms with Crippen molar-refractivity contribution < 1.29 is 14.3 Å². The Morgan fingerprint density at radius 3 is 2.70 bits per heavy atom. The molecule has 1 amide bonds. The summed E-state index contributed by atoms with van der Waals surface area (Å²) in [6.07, 6.45) is 2.60. The Morgan fingerprint density at radius 2 is 2.10 bits per heavy atom. The van der Waals surface area contributed by atoms with E-state index in [1.807, 2.05) is 0 Å². The highest BCUT2D eigenvalue weighted by Crippen LogP contribution is 2.36. The van der Waals surface area contributed by atoms with Gasteiger partial charge in [0.1, 0.15) is 0 Å². The predicted octanol–water partition coefficient (Wildman–Crippen LogP) is 2.44. The van der Waals surface area contributed by atoms with Gasteiger partial charge in [-0.2, -0.15) is 0 Å². The number of hydrogen-bond donors (Lipinski definition) is 2. The van der Waals surface area contributed by atoms with Crippen molar-refractivity contribution in [1.29, 1.82) is 0 Å². The minimum Gasteiger partial charge on any atom is -0.493 e. The maximum Gasteiger partial charge on any atom is 0.225 e. The van der Waals surface area contributed by atoms with Crippen LogP contribution in [0, 0.1) is 0 Å². The standard InChI is InChI=1S/C14H19ClN2O3/c1-19-12-7-10(15)11(8-13(12)20-2)17-14(18)6-9-4-3-5-16-9/h7-9,16H,3-6H2,1-2H3,(H,17,18). The number of hydrogen-bond acceptors (Lipinski definition) is 4. The molecule has 1 saturated heterocycles. The van der Waals surface area contributed by atoms with Gasteiger partial charge >= 0.3 is 0 Å². The first-order valence-electron chi connectivity index (χ1n) is 6.58. The molecule has 2 rings (SSSR count). The fraction of sp³-hybridized carbons (Fsp3) is 0.500. The van der Waals surface area contributed by atoms with Crippen molar-refractivity contribution in [3.05, 3.63) is 17.2 Å². The van der Waals surface area contributed by atoms with E-state index in [9.17, 15) is 4.79 Å². The number of ether oxygens (including phenoxy) is 2. The normalized spacial score (nSPS) is 17.9. The van der Waals surface area contributed by atoms with Gasteiger partial charge in [-0.15, -0.1) is 0 Å². The first-order chi connectivity index (χ1) is 9.63. The van der Waals surface area contributed by atoms with E-state index >= 15 is 0 Å². The van der Waals surface area contributed by atoms with Gasteiger partial charge < -0.3 is 20.1 Å². The van der Waals surface area contributed by atoms with Crippen LogP contribution < -0.4 is 20.1 Å². The molecule has 0 aliphatic carbocycles. The third kappa shape index (κ3) is 3.55. The molecule has 1 heterocycles. The summed E-state index contributed by atoms with van der Waals surface area (Å²) in [4.78, 5) is 12.0. The quantitative estimate of drug-likeness (QED) is 0.876. The first-order valence-corrected chi connectivity index (χ1v) is 6.96. The second-order valence-electron chi connectivity index (χ2n) is 4.73. The third-order valence-corrected chi connectivity index (χ3v) is 3.65. The van der Waals surface area contributed by atoms with Crippen LogP contribution in [-0.4, -0.2) is 32.7 Å². The van der Waals surface area contributed by atoms with Gasteiger partial charge in [0.15, 0.2) is 11.5 Å². The Morgan fingerprint density at radius 1 is 1.40 bits per heavy atom. The maximum atomic E-state index is 12.0. The molecular formula is C14H19ClN2O3. The molecule has 6 heteroatoms. The Labute approximate surface area is 123 Å². The topological polar surface area (TPSA) is 59.6 Å². The van der Waals surface area contributed by atoms with Crippen LogP contribution in [0.3, 0.4) is 0 Å². The van der Waals surface area contributed by atoms with Crippen LogP contribution in [0.2, 0.25) is 5.02 Å². The van der Waals surface area contributed by atoms with Gasteiger partial charge in [0.25, 0.3) is 0 Å². The second-order valence-corrected chi connectivity index (χ2v) is 5.14. The number of methoxy groups -OCH3 is 2. The number of benzene rings is 1. The van der Waals surface area contributed by atoms with Crippen molar-refractivity contribution >= 4 is 23.2 Å². The Bertz CT molecular complexity index is 488. The minimum absolute atomic E-state index is 0.0569. The van der Waals surface area contributed by atoms with Gasteiger partial charge in [-0.05, 0) is 19.4 Å². The van der Waals surface area contributed by atoms with Gasteiger partial charge in [0.05, 0.1) is 24.9 Å². The fourth-order valence-corrected chi connectivity index (χ4v) is 2.51. The number of amides is 1. The van der Waals surface area contributed by atoms with Crippen LogP contribution in [0.5, 0.6) is 11.5 Å². The average Bonchev–Trinajstić information content (AvgIpc) is 2.93. The highest BCUT2D eigenvalue weighted by atomic mass is 35.5. The molecule has 110 valence electrons. The van der Waals surface area contributed by atoms with E-state index < -0.39 is 0 Å². The van der Waals surface area contributed by atoms with Crippen LogP contribution in [0.4, 0.5) is 5.69 Å². The summed E-state index contributed by atoms with van der Waals surface area (Å²) in [7, 11) is 3.08. The highest BCUT2D eigenvalue weighted by molar-refractivity contribution is 6.34. The van der Waals surface area contributed by atoms with Crippen molar-refractivity contribution in [3.63, 3.8) is 0 Å². The van der Waals surface area contributed by atoms with Crippen molar-refractivity contribution in [2.45, 2.75) is 25.3 Å². The molecule has 0 bridgehead atoms. The van der Waals surface area contributed by atoms with Gasteiger partial charge in [-0.3, -0.25) is 4.79 Å². The zero-order valence-electron chi connectivity index (χ0n) is 11.7. The third-order valence-electron chi connectivity index (χ3n) is 3.34. The summed E-state index contributed by atoms with van der Waals surface area (Å²) in [5, 5.41) is 6.53. The van der Waals surface area contributed by atoms with E-state index in [-0.39, 0.29) is 11.9 Å². The van der Waals surface area contributed by atoms with Crippen LogP contribution in [0.15, 0.2) is 12.1 Å². The van der Waals surface area contributed by atoms with E-state index in [1.54, 1.807) is 19.2 Å². The van der Waals surface area contributed by atoms with Crippen LogP contribution >= 0.6 is 11.6 Å². The zero-order valence-corrected chi connectivity index (χ0v) is 12.4. The van der Waals surface area contributed by atoms with Crippen molar-refractivity contribution in [1.82, 2.24) is 5.32 Å². The molecule has 0 saturated carbocycles. The number of rotatable bonds is 5. The van der Waals surface area contributed by atoms with Crippen LogP contribution in [0.1, 0.15) is 19.3 Å². The smallest absolute Gasteiger partial charge is 0.225 e. The predicted molar refractivity (Wildman–Crippen MR) is 78.8 cm³/mol. The lowest BCUT2D eigenvalue weighted by Gasteiger charge is -2.14. The van der Waals surface area contributed by atoms with Crippen molar-refractivity contribution in [3.8, 4) is 11.5 Å². The summed E-state index contributed by atoms with van der Waals surface area (Å²) in [5.74, 6) is 1.01. The Balaban J connectivity index is 2.06. The zero-order chi connectivity index (χ0) is 14.5. The number of carbonyl (C=O) groups is 1. The van der Waals surface area contributed by atoms with Crippen LogP contribution in [-0.2, 0) is 4.79 Å². The molecule has 1 aromatic rings. The number of nitrogens with one attached hydrogen (secondary N) is 2. The van der Waals surface area contributed by atoms with Crippen molar-refractivity contribution in [2.24, 2.45) is 0 Å². The van der Waals surface area contributed by atoms with E-state index in [4.69, 9.17) is 21.1 Å². The molecular weight excluding hydrogens is 280 g/mol. The first kappa shape index (κ1) is 14.9. The highest BCUT2D eigenvalue weighted by Gasteiger charge is 2.19. The SMILES string of the molecule is COc1cc(Cl)c(NC(=O)CC2CCCN2)cc1OC. The maximum absolute atomic E-state index is 12.0. The molecule has 1 aromatic carbocycles. The Kier molecular flexibility index (Phi) is 5.09. The lowest BCUT2D eigenvalue weighted by Crippen LogP contribution is -2.27. The summed E-state index contributed by atoms with van der Waals surface area (Å²) in [5.41, 5.74) is 0.535. The molecule has 0 radical (unpaired) electrons. The molecule has 1 unspecified atom stereocenters. The van der Waals surface area contributed by atoms with Gasteiger partial charge in [0.2, 0.25) is 5.91 Å². The molecule has 0 spiro atoms. The molecule has 1 aliphatic rings. The van der Waals surface area contributed by atoms with Gasteiger partial charge in [0, 0.05) is 24.6 Å². The number of anilines is 1. The van der Waals surface area contributed by atoms with Gasteiger partial charge in [-0.1, -0.05) is 11.6 Å². The fourth-order valence-electron chi connectivity index (χ4n) is 2.31. The number of halogens is 1. The summed E-state index contributed by atoms with van der Waals surface area (Å²) in [6, 6.07) is 3.55. The lowest BCUT2D eigenvalue weighted by atomic mass is 10.1. The van der Waals surface area contributed by atoms with Crippen molar-refractivity contribution in [2.75, 3.05) is 26.1 Å². The monoisotopic (exact) mass is 298 g/mol. The minimum atomic E-state index is -0.0569. The molecule has 0 aromatic heterocycles. The second kappa shape index (κ2) is 6.81. The summed E-state index contributed by atoms with van der Waals surface area (Å²) in [6.45, 7) is 0.981. The Hall–Kier alpha value is -1.46. The van der Waals surface area contributed by atoms with E-state index in [0.717, 1.165) is 19.4 Å². The lowest BCUT2D eigenvalue weighted by molar-refractivity contribution is -0.116. The molecule has 2 N–H and O–H groups in total. The molecule has 1 fully saturated rings. The van der Waals surface area contributed by atoms with Crippen LogP contribution in [0.25, 0.3) is 0 Å². The van der Waals surface area contributed by atoms with E-state index in [1.165, 1.54) is 7.11 Å². The summed E-state index contributed by atoms with van der Waals surface area (Å²) < 4.78 is 10.4.